The van der Waals surface area contributed by atoms with E-state index in [9.17, 15) is 24.3 Å². The molecule has 0 aliphatic heterocycles. The SMILES string of the molecule is CC(C)C[C@H](NC(=O)c1ccc2c(=O)n(C)c(=O)n(C)c2n1)C(=O)O. The van der Waals surface area contributed by atoms with E-state index < -0.39 is 29.2 Å². The van der Waals surface area contributed by atoms with Gasteiger partial charge in [-0.25, -0.2) is 14.6 Å². The van der Waals surface area contributed by atoms with Gasteiger partial charge in [0.25, 0.3) is 11.5 Å². The molecule has 2 aromatic rings. The van der Waals surface area contributed by atoms with Crippen LogP contribution in [0, 0.1) is 5.92 Å². The van der Waals surface area contributed by atoms with E-state index in [1.807, 2.05) is 13.8 Å². The number of nitrogens with one attached hydrogen (secondary N) is 1. The zero-order valence-electron chi connectivity index (χ0n) is 14.4. The van der Waals surface area contributed by atoms with Crippen molar-refractivity contribution in [2.24, 2.45) is 20.0 Å². The number of carboxylic acids is 1. The number of carboxylic acid groups (broad SMARTS) is 1. The third-order valence-corrected chi connectivity index (χ3v) is 3.84. The summed E-state index contributed by atoms with van der Waals surface area (Å²) in [7, 11) is 2.80. The van der Waals surface area contributed by atoms with Gasteiger partial charge in [-0.15, -0.1) is 0 Å². The standard InChI is InChI=1S/C16H20N4O5/c1-8(2)7-11(15(23)24)18-13(21)10-6-5-9-12(17-10)19(3)16(25)20(4)14(9)22/h5-6,8,11H,7H2,1-4H3,(H,18,21)(H,23,24)/t11-/m0/s1. The Morgan fingerprint density at radius 2 is 1.84 bits per heavy atom. The lowest BCUT2D eigenvalue weighted by Crippen LogP contribution is -2.42. The second-order valence-corrected chi connectivity index (χ2v) is 6.27. The Hall–Kier alpha value is -2.97. The van der Waals surface area contributed by atoms with Crippen molar-refractivity contribution in [2.75, 3.05) is 0 Å². The Labute approximate surface area is 142 Å². The van der Waals surface area contributed by atoms with E-state index in [0.717, 1.165) is 9.13 Å². The van der Waals surface area contributed by atoms with Crippen molar-refractivity contribution < 1.29 is 14.7 Å². The first kappa shape index (κ1) is 18.4. The van der Waals surface area contributed by atoms with Gasteiger partial charge in [0, 0.05) is 14.1 Å². The molecule has 2 aromatic heterocycles. The lowest BCUT2D eigenvalue weighted by Gasteiger charge is -2.16. The molecule has 134 valence electrons. The molecule has 0 bridgehead atoms. The average Bonchev–Trinajstić information content (AvgIpc) is 2.56. The van der Waals surface area contributed by atoms with Gasteiger partial charge < -0.3 is 10.4 Å². The lowest BCUT2D eigenvalue weighted by molar-refractivity contribution is -0.139. The van der Waals surface area contributed by atoms with Gasteiger partial charge in [0.05, 0.1) is 5.39 Å². The number of carbonyl (C=O) groups is 2. The summed E-state index contributed by atoms with van der Waals surface area (Å²) in [6.45, 7) is 3.70. The highest BCUT2D eigenvalue weighted by atomic mass is 16.4. The smallest absolute Gasteiger partial charge is 0.332 e. The molecule has 2 heterocycles. The first-order valence-electron chi connectivity index (χ1n) is 7.74. The van der Waals surface area contributed by atoms with Crippen LogP contribution in [0.4, 0.5) is 0 Å². The van der Waals surface area contributed by atoms with Crippen LogP contribution in [-0.4, -0.2) is 37.1 Å². The van der Waals surface area contributed by atoms with Gasteiger partial charge in [0.1, 0.15) is 17.4 Å². The maximum Gasteiger partial charge on any atom is 0.332 e. The van der Waals surface area contributed by atoms with Crippen molar-refractivity contribution in [2.45, 2.75) is 26.3 Å². The highest BCUT2D eigenvalue weighted by Gasteiger charge is 2.23. The predicted octanol–water partition coefficient (Wildman–Crippen LogP) is -0.139. The number of hydrogen-bond donors (Lipinski definition) is 2. The molecule has 25 heavy (non-hydrogen) atoms. The third kappa shape index (κ3) is 3.59. The molecule has 0 unspecified atom stereocenters. The first-order chi connectivity index (χ1) is 11.6. The summed E-state index contributed by atoms with van der Waals surface area (Å²) in [6, 6.07) is 1.69. The van der Waals surface area contributed by atoms with E-state index in [2.05, 4.69) is 10.3 Å². The quantitative estimate of drug-likeness (QED) is 0.775. The van der Waals surface area contributed by atoms with Crippen molar-refractivity contribution >= 4 is 22.9 Å². The average molecular weight is 348 g/mol. The van der Waals surface area contributed by atoms with Crippen molar-refractivity contribution in [1.82, 2.24) is 19.4 Å². The number of aryl methyl sites for hydroxylation is 1. The van der Waals surface area contributed by atoms with Crippen LogP contribution in [0.1, 0.15) is 30.8 Å². The number of aromatic nitrogens is 3. The predicted molar refractivity (Wildman–Crippen MR) is 90.6 cm³/mol. The summed E-state index contributed by atoms with van der Waals surface area (Å²) in [5.74, 6) is -1.73. The zero-order chi connectivity index (χ0) is 18.9. The van der Waals surface area contributed by atoms with Crippen molar-refractivity contribution in [1.29, 1.82) is 0 Å². The fraction of sp³-hybridized carbons (Fsp3) is 0.438. The summed E-state index contributed by atoms with van der Waals surface area (Å²) in [5.41, 5.74) is -1.08. The lowest BCUT2D eigenvalue weighted by atomic mass is 10.0. The molecular formula is C16H20N4O5. The molecule has 0 aliphatic carbocycles. The summed E-state index contributed by atoms with van der Waals surface area (Å²) in [5, 5.41) is 11.8. The number of amides is 1. The Morgan fingerprint density at radius 3 is 2.40 bits per heavy atom. The maximum absolute atomic E-state index is 12.3. The van der Waals surface area contributed by atoms with E-state index in [0.29, 0.717) is 0 Å². The summed E-state index contributed by atoms with van der Waals surface area (Å²) in [6.07, 6.45) is 0.272. The van der Waals surface area contributed by atoms with Crippen LogP contribution in [0.5, 0.6) is 0 Å². The van der Waals surface area contributed by atoms with Crippen LogP contribution in [-0.2, 0) is 18.9 Å². The Balaban J connectivity index is 2.45. The highest BCUT2D eigenvalue weighted by molar-refractivity contribution is 5.96. The molecule has 2 N–H and O–H groups in total. The van der Waals surface area contributed by atoms with Crippen LogP contribution in [0.15, 0.2) is 21.7 Å². The molecular weight excluding hydrogens is 328 g/mol. The molecule has 1 atom stereocenters. The van der Waals surface area contributed by atoms with E-state index in [-0.39, 0.29) is 29.1 Å². The van der Waals surface area contributed by atoms with E-state index in [4.69, 9.17) is 0 Å². The normalized spacial score (nSPS) is 12.4. The molecule has 0 aliphatic rings. The molecule has 0 saturated heterocycles. The zero-order valence-corrected chi connectivity index (χ0v) is 14.4. The van der Waals surface area contributed by atoms with Gasteiger partial charge in [-0.05, 0) is 24.5 Å². The highest BCUT2D eigenvalue weighted by Crippen LogP contribution is 2.09. The van der Waals surface area contributed by atoms with Crippen LogP contribution in [0.3, 0.4) is 0 Å². The van der Waals surface area contributed by atoms with Gasteiger partial charge in [0.2, 0.25) is 0 Å². The monoisotopic (exact) mass is 348 g/mol. The maximum atomic E-state index is 12.3. The van der Waals surface area contributed by atoms with Crippen LogP contribution in [0.25, 0.3) is 11.0 Å². The van der Waals surface area contributed by atoms with Crippen molar-refractivity contribution in [3.05, 3.63) is 38.7 Å². The Bertz CT molecular complexity index is 957. The minimum absolute atomic E-state index is 0.0641. The van der Waals surface area contributed by atoms with Crippen LogP contribution < -0.4 is 16.6 Å². The van der Waals surface area contributed by atoms with E-state index in [1.165, 1.54) is 26.2 Å². The minimum atomic E-state index is -1.14. The van der Waals surface area contributed by atoms with Gasteiger partial charge in [-0.2, -0.15) is 0 Å². The Morgan fingerprint density at radius 1 is 1.20 bits per heavy atom. The fourth-order valence-corrected chi connectivity index (χ4v) is 2.51. The number of fused-ring (bicyclic) bond motifs is 1. The molecule has 0 aromatic carbocycles. The molecule has 0 radical (unpaired) electrons. The van der Waals surface area contributed by atoms with Gasteiger partial charge >= 0.3 is 11.7 Å². The minimum Gasteiger partial charge on any atom is -0.480 e. The number of rotatable bonds is 5. The topological polar surface area (TPSA) is 123 Å². The summed E-state index contributed by atoms with van der Waals surface area (Å²) in [4.78, 5) is 51.8. The number of carbonyl (C=O) groups excluding carboxylic acids is 1. The third-order valence-electron chi connectivity index (χ3n) is 3.84. The van der Waals surface area contributed by atoms with E-state index in [1.54, 1.807) is 0 Å². The molecule has 9 heteroatoms. The van der Waals surface area contributed by atoms with Crippen molar-refractivity contribution in [3.63, 3.8) is 0 Å². The van der Waals surface area contributed by atoms with Crippen LogP contribution in [0.2, 0.25) is 0 Å². The number of aliphatic carboxylic acids is 1. The number of pyridine rings is 1. The van der Waals surface area contributed by atoms with Gasteiger partial charge in [-0.3, -0.25) is 18.7 Å². The number of hydrogen-bond acceptors (Lipinski definition) is 5. The van der Waals surface area contributed by atoms with Gasteiger partial charge in [0.15, 0.2) is 0 Å². The fourth-order valence-electron chi connectivity index (χ4n) is 2.51. The molecule has 1 amide bonds. The molecule has 9 nitrogen and oxygen atoms in total. The number of nitrogens with zero attached hydrogens (tertiary/aromatic N) is 3. The van der Waals surface area contributed by atoms with E-state index >= 15 is 0 Å². The summed E-state index contributed by atoms with van der Waals surface area (Å²) < 4.78 is 2.11. The summed E-state index contributed by atoms with van der Waals surface area (Å²) >= 11 is 0. The first-order valence-corrected chi connectivity index (χ1v) is 7.74. The van der Waals surface area contributed by atoms with Crippen LogP contribution >= 0.6 is 0 Å². The largest absolute Gasteiger partial charge is 0.480 e. The van der Waals surface area contributed by atoms with Gasteiger partial charge in [-0.1, -0.05) is 13.8 Å². The molecule has 2 rings (SSSR count). The molecule has 0 saturated carbocycles. The second-order valence-electron chi connectivity index (χ2n) is 6.27. The Kier molecular flexibility index (Phi) is 5.05. The molecule has 0 fully saturated rings. The molecule has 0 spiro atoms. The second kappa shape index (κ2) is 6.88. The van der Waals surface area contributed by atoms with Crippen molar-refractivity contribution in [3.8, 4) is 0 Å².